The normalized spacial score (nSPS) is 11.7. The fraction of sp³-hybridized carbons (Fsp3) is 0.429. The van der Waals surface area contributed by atoms with Gasteiger partial charge in [-0.1, -0.05) is 24.3 Å². The molecular formula is C14H20N2O3. The number of likely N-dealkylation sites (N-methyl/N-ethyl adjacent to an activating group) is 1. The summed E-state index contributed by atoms with van der Waals surface area (Å²) in [5, 5.41) is 11.5. The number of carboxylic acid groups (broad SMARTS) is 1. The van der Waals surface area contributed by atoms with Crippen LogP contribution in [0.1, 0.15) is 18.1 Å². The van der Waals surface area contributed by atoms with Gasteiger partial charge in [0.05, 0.1) is 0 Å². The molecule has 0 aliphatic rings. The Morgan fingerprint density at radius 2 is 2.00 bits per heavy atom. The van der Waals surface area contributed by atoms with Crippen LogP contribution in [0.25, 0.3) is 0 Å². The first-order valence-corrected chi connectivity index (χ1v) is 6.21. The van der Waals surface area contributed by atoms with Crippen LogP contribution in [0, 0.1) is 6.92 Å². The number of urea groups is 1. The van der Waals surface area contributed by atoms with Crippen LogP contribution in [-0.2, 0) is 11.2 Å². The number of amides is 2. The van der Waals surface area contributed by atoms with Gasteiger partial charge in [0.2, 0.25) is 0 Å². The number of rotatable bonds is 5. The number of carboxylic acids is 1. The van der Waals surface area contributed by atoms with Crippen molar-refractivity contribution in [3.8, 4) is 0 Å². The molecule has 0 saturated carbocycles. The monoisotopic (exact) mass is 264 g/mol. The van der Waals surface area contributed by atoms with E-state index in [0.29, 0.717) is 6.54 Å². The maximum Gasteiger partial charge on any atom is 0.326 e. The van der Waals surface area contributed by atoms with E-state index in [1.807, 2.05) is 31.2 Å². The highest BCUT2D eigenvalue weighted by Crippen LogP contribution is 2.07. The van der Waals surface area contributed by atoms with E-state index in [-0.39, 0.29) is 6.03 Å². The van der Waals surface area contributed by atoms with Crippen LogP contribution in [0.4, 0.5) is 4.79 Å². The van der Waals surface area contributed by atoms with Crippen molar-refractivity contribution >= 4 is 12.0 Å². The maximum absolute atomic E-state index is 11.7. The Hall–Kier alpha value is -2.04. The second-order valence-corrected chi connectivity index (χ2v) is 4.53. The van der Waals surface area contributed by atoms with Gasteiger partial charge in [-0.15, -0.1) is 0 Å². The number of hydrogen-bond donors (Lipinski definition) is 2. The van der Waals surface area contributed by atoms with Crippen molar-refractivity contribution in [3.63, 3.8) is 0 Å². The van der Waals surface area contributed by atoms with Gasteiger partial charge < -0.3 is 15.3 Å². The number of carbonyl (C=O) groups excluding carboxylic acids is 1. The number of nitrogens with one attached hydrogen (secondary N) is 1. The Bertz CT molecular complexity index is 460. The molecule has 1 unspecified atom stereocenters. The number of hydrogen-bond acceptors (Lipinski definition) is 2. The minimum atomic E-state index is -1.02. The SMILES string of the molecule is Cc1ccccc1CCNC(=O)N(C)C(C)C(=O)O. The minimum Gasteiger partial charge on any atom is -0.480 e. The Morgan fingerprint density at radius 3 is 2.58 bits per heavy atom. The summed E-state index contributed by atoms with van der Waals surface area (Å²) in [5.74, 6) is -1.02. The topological polar surface area (TPSA) is 69.6 Å². The second kappa shape index (κ2) is 6.78. The van der Waals surface area contributed by atoms with Crippen LogP contribution < -0.4 is 5.32 Å². The van der Waals surface area contributed by atoms with Gasteiger partial charge in [0.25, 0.3) is 0 Å². The fourth-order valence-corrected chi connectivity index (χ4v) is 1.66. The molecule has 5 heteroatoms. The average molecular weight is 264 g/mol. The number of aliphatic carboxylic acids is 1. The fourth-order valence-electron chi connectivity index (χ4n) is 1.66. The maximum atomic E-state index is 11.7. The van der Waals surface area contributed by atoms with Gasteiger partial charge in [-0.3, -0.25) is 0 Å². The zero-order valence-corrected chi connectivity index (χ0v) is 11.5. The zero-order valence-electron chi connectivity index (χ0n) is 11.5. The first-order chi connectivity index (χ1) is 8.93. The lowest BCUT2D eigenvalue weighted by Crippen LogP contribution is -2.46. The summed E-state index contributed by atoms with van der Waals surface area (Å²) in [6.45, 7) is 3.99. The van der Waals surface area contributed by atoms with Gasteiger partial charge in [0, 0.05) is 13.6 Å². The lowest BCUT2D eigenvalue weighted by atomic mass is 10.1. The lowest BCUT2D eigenvalue weighted by molar-refractivity contribution is -0.141. The van der Waals surface area contributed by atoms with E-state index in [1.54, 1.807) is 0 Å². The quantitative estimate of drug-likeness (QED) is 0.849. The van der Waals surface area contributed by atoms with Crippen LogP contribution in [0.15, 0.2) is 24.3 Å². The molecule has 1 atom stereocenters. The molecule has 0 spiro atoms. The largest absolute Gasteiger partial charge is 0.480 e. The van der Waals surface area contributed by atoms with Crippen molar-refractivity contribution in [2.45, 2.75) is 26.3 Å². The smallest absolute Gasteiger partial charge is 0.326 e. The minimum absolute atomic E-state index is 0.372. The van der Waals surface area contributed by atoms with Gasteiger partial charge in [-0.25, -0.2) is 9.59 Å². The summed E-state index contributed by atoms with van der Waals surface area (Å²) in [6, 6.07) is 6.77. The molecule has 2 amide bonds. The third-order valence-corrected chi connectivity index (χ3v) is 3.19. The molecule has 5 nitrogen and oxygen atoms in total. The van der Waals surface area contributed by atoms with Gasteiger partial charge in [0.1, 0.15) is 6.04 Å². The van der Waals surface area contributed by atoms with Gasteiger partial charge >= 0.3 is 12.0 Å². The third-order valence-electron chi connectivity index (χ3n) is 3.19. The Morgan fingerprint density at radius 1 is 1.37 bits per heavy atom. The number of aryl methyl sites for hydroxylation is 1. The average Bonchev–Trinajstić information content (AvgIpc) is 2.38. The predicted molar refractivity (Wildman–Crippen MR) is 73.1 cm³/mol. The third kappa shape index (κ3) is 4.28. The molecule has 1 aromatic carbocycles. The summed E-state index contributed by atoms with van der Waals surface area (Å²) in [5.41, 5.74) is 2.36. The van der Waals surface area contributed by atoms with E-state index in [0.717, 1.165) is 6.42 Å². The highest BCUT2D eigenvalue weighted by Gasteiger charge is 2.20. The summed E-state index contributed by atoms with van der Waals surface area (Å²) >= 11 is 0. The molecule has 0 saturated heterocycles. The van der Waals surface area contributed by atoms with Crippen molar-refractivity contribution in [2.24, 2.45) is 0 Å². The van der Waals surface area contributed by atoms with Crippen LogP contribution >= 0.6 is 0 Å². The molecule has 0 radical (unpaired) electrons. The van der Waals surface area contributed by atoms with E-state index in [1.165, 1.54) is 30.0 Å². The first-order valence-electron chi connectivity index (χ1n) is 6.21. The molecule has 0 aromatic heterocycles. The zero-order chi connectivity index (χ0) is 14.4. The lowest BCUT2D eigenvalue weighted by Gasteiger charge is -2.21. The van der Waals surface area contributed by atoms with Gasteiger partial charge in [-0.2, -0.15) is 0 Å². The van der Waals surface area contributed by atoms with Crippen molar-refractivity contribution in [1.82, 2.24) is 10.2 Å². The number of carbonyl (C=O) groups is 2. The first kappa shape index (κ1) is 15.0. The van der Waals surface area contributed by atoms with Gasteiger partial charge in [0.15, 0.2) is 0 Å². The highest BCUT2D eigenvalue weighted by molar-refractivity contribution is 5.82. The Balaban J connectivity index is 2.43. The van der Waals surface area contributed by atoms with E-state index < -0.39 is 12.0 Å². The standard InChI is InChI=1S/C14H20N2O3/c1-10-6-4-5-7-12(10)8-9-15-14(19)16(3)11(2)13(17)18/h4-7,11H,8-9H2,1-3H3,(H,15,19)(H,17,18). The molecule has 0 aliphatic carbocycles. The molecule has 2 N–H and O–H groups in total. The Labute approximate surface area is 113 Å². The molecule has 0 heterocycles. The van der Waals surface area contributed by atoms with Crippen molar-refractivity contribution in [1.29, 1.82) is 0 Å². The van der Waals surface area contributed by atoms with Crippen LogP contribution in [-0.4, -0.2) is 41.6 Å². The van der Waals surface area contributed by atoms with Crippen LogP contribution in [0.2, 0.25) is 0 Å². The number of nitrogens with zero attached hydrogens (tertiary/aromatic N) is 1. The predicted octanol–water partition coefficient (Wildman–Crippen LogP) is 1.65. The van der Waals surface area contributed by atoms with Crippen LogP contribution in [0.5, 0.6) is 0 Å². The van der Waals surface area contributed by atoms with Crippen LogP contribution in [0.3, 0.4) is 0 Å². The number of benzene rings is 1. The highest BCUT2D eigenvalue weighted by atomic mass is 16.4. The summed E-state index contributed by atoms with van der Waals surface area (Å²) in [6.07, 6.45) is 0.730. The molecule has 0 bridgehead atoms. The van der Waals surface area contributed by atoms with E-state index in [2.05, 4.69) is 5.32 Å². The van der Waals surface area contributed by atoms with E-state index >= 15 is 0 Å². The second-order valence-electron chi connectivity index (χ2n) is 4.53. The molecule has 1 rings (SSSR count). The summed E-state index contributed by atoms with van der Waals surface area (Å²) in [7, 11) is 1.47. The molecule has 0 fully saturated rings. The van der Waals surface area contributed by atoms with Crippen molar-refractivity contribution in [2.75, 3.05) is 13.6 Å². The molecular weight excluding hydrogens is 244 g/mol. The van der Waals surface area contributed by atoms with E-state index in [4.69, 9.17) is 5.11 Å². The molecule has 0 aliphatic heterocycles. The molecule has 19 heavy (non-hydrogen) atoms. The van der Waals surface area contributed by atoms with E-state index in [9.17, 15) is 9.59 Å². The Kier molecular flexibility index (Phi) is 5.36. The molecule has 104 valence electrons. The van der Waals surface area contributed by atoms with Crippen molar-refractivity contribution < 1.29 is 14.7 Å². The summed E-state index contributed by atoms with van der Waals surface area (Å²) < 4.78 is 0. The summed E-state index contributed by atoms with van der Waals surface area (Å²) in [4.78, 5) is 23.7. The molecule has 1 aromatic rings. The van der Waals surface area contributed by atoms with Gasteiger partial charge in [-0.05, 0) is 31.4 Å². The van der Waals surface area contributed by atoms with Crippen molar-refractivity contribution in [3.05, 3.63) is 35.4 Å².